The topological polar surface area (TPSA) is 47.0 Å². The summed E-state index contributed by atoms with van der Waals surface area (Å²) in [6, 6.07) is 16.3. The predicted molar refractivity (Wildman–Crippen MR) is 131 cm³/mol. The van der Waals surface area contributed by atoms with E-state index in [2.05, 4.69) is 48.4 Å². The lowest BCUT2D eigenvalue weighted by Crippen LogP contribution is -2.57. The summed E-state index contributed by atoms with van der Waals surface area (Å²) in [5.41, 5.74) is 2.90. The van der Waals surface area contributed by atoms with Crippen LogP contribution in [0.5, 0.6) is 5.75 Å². The van der Waals surface area contributed by atoms with Crippen molar-refractivity contribution >= 4 is 5.91 Å². The molecule has 5 heteroatoms. The van der Waals surface area contributed by atoms with Crippen molar-refractivity contribution in [1.82, 2.24) is 14.7 Å². The Kier molecular flexibility index (Phi) is 8.10. The number of nitrogens with zero attached hydrogens (tertiary/aromatic N) is 3. The van der Waals surface area contributed by atoms with Gasteiger partial charge in [-0.15, -0.1) is 6.58 Å². The summed E-state index contributed by atoms with van der Waals surface area (Å²) in [6.07, 6.45) is 1.97. The number of rotatable bonds is 8. The van der Waals surface area contributed by atoms with Gasteiger partial charge in [-0.3, -0.25) is 14.6 Å². The van der Waals surface area contributed by atoms with Gasteiger partial charge in [0.05, 0.1) is 6.04 Å². The fraction of sp³-hybridized carbons (Fsp3) is 0.444. The quantitative estimate of drug-likeness (QED) is 0.618. The molecule has 3 atom stereocenters. The van der Waals surface area contributed by atoms with Crippen LogP contribution in [0, 0.1) is 0 Å². The van der Waals surface area contributed by atoms with Crippen LogP contribution in [0.1, 0.15) is 55.2 Å². The summed E-state index contributed by atoms with van der Waals surface area (Å²) >= 11 is 0. The molecule has 0 aromatic heterocycles. The fourth-order valence-electron chi connectivity index (χ4n) is 4.78. The fourth-order valence-corrected chi connectivity index (χ4v) is 4.78. The molecule has 0 saturated carbocycles. The lowest BCUT2D eigenvalue weighted by Gasteiger charge is -2.47. The molecule has 0 radical (unpaired) electrons. The highest BCUT2D eigenvalue weighted by Crippen LogP contribution is 2.34. The zero-order chi connectivity index (χ0) is 23.3. The summed E-state index contributed by atoms with van der Waals surface area (Å²) < 4.78 is 0. The van der Waals surface area contributed by atoms with Crippen molar-refractivity contribution < 1.29 is 9.90 Å². The zero-order valence-corrected chi connectivity index (χ0v) is 19.9. The highest BCUT2D eigenvalue weighted by Gasteiger charge is 2.34. The van der Waals surface area contributed by atoms with Crippen LogP contribution in [0.3, 0.4) is 0 Å². The second-order valence-electron chi connectivity index (χ2n) is 8.73. The van der Waals surface area contributed by atoms with Crippen molar-refractivity contribution in [2.24, 2.45) is 0 Å². The largest absolute Gasteiger partial charge is 0.508 e. The Morgan fingerprint density at radius 2 is 1.78 bits per heavy atom. The molecule has 1 saturated heterocycles. The molecular weight excluding hydrogens is 398 g/mol. The summed E-state index contributed by atoms with van der Waals surface area (Å²) in [5, 5.41) is 10.2. The minimum atomic E-state index is 0.00281. The third-order valence-electron chi connectivity index (χ3n) is 6.57. The first-order chi connectivity index (χ1) is 15.4. The molecule has 1 N–H and O–H groups in total. The number of phenols is 1. The van der Waals surface area contributed by atoms with Crippen LogP contribution in [0.15, 0.2) is 61.2 Å². The molecule has 1 aliphatic heterocycles. The number of carbonyl (C=O) groups excluding carboxylic acids is 1. The van der Waals surface area contributed by atoms with E-state index < -0.39 is 0 Å². The van der Waals surface area contributed by atoms with Crippen LogP contribution in [-0.2, 0) is 0 Å². The van der Waals surface area contributed by atoms with E-state index in [-0.39, 0.29) is 17.7 Å². The molecule has 0 bridgehead atoms. The highest BCUT2D eigenvalue weighted by molar-refractivity contribution is 5.94. The maximum absolute atomic E-state index is 12.8. The van der Waals surface area contributed by atoms with Gasteiger partial charge in [0.25, 0.3) is 5.91 Å². The molecule has 3 rings (SSSR count). The SMILES string of the molecule is C=CCN1C[C@@H](C)N(C(c2ccc(C(=O)N(CC)CC)cc2)c2cccc(O)c2)C[C@H]1C. The summed E-state index contributed by atoms with van der Waals surface area (Å²) in [4.78, 5) is 19.6. The lowest BCUT2D eigenvalue weighted by atomic mass is 9.92. The Bertz CT molecular complexity index is 907. The number of piperazine rings is 1. The Labute approximate surface area is 193 Å². The van der Waals surface area contributed by atoms with E-state index in [4.69, 9.17) is 0 Å². The average Bonchev–Trinajstić information content (AvgIpc) is 2.78. The number of phenolic OH excluding ortho intramolecular Hbond substituents is 1. The molecule has 1 unspecified atom stereocenters. The van der Waals surface area contributed by atoms with Crippen LogP contribution in [0.2, 0.25) is 0 Å². The van der Waals surface area contributed by atoms with E-state index in [0.29, 0.717) is 30.7 Å². The third-order valence-corrected chi connectivity index (χ3v) is 6.57. The molecule has 2 aromatic rings. The number of hydrogen-bond acceptors (Lipinski definition) is 4. The minimum absolute atomic E-state index is 0.00281. The smallest absolute Gasteiger partial charge is 0.253 e. The lowest BCUT2D eigenvalue weighted by molar-refractivity contribution is 0.0306. The summed E-state index contributed by atoms with van der Waals surface area (Å²) in [7, 11) is 0. The van der Waals surface area contributed by atoms with Gasteiger partial charge < -0.3 is 10.0 Å². The van der Waals surface area contributed by atoms with Crippen LogP contribution < -0.4 is 0 Å². The molecule has 1 aliphatic rings. The maximum Gasteiger partial charge on any atom is 0.253 e. The number of amides is 1. The Balaban J connectivity index is 1.96. The first kappa shape index (κ1) is 24.0. The van der Waals surface area contributed by atoms with Crippen LogP contribution in [0.25, 0.3) is 0 Å². The average molecular weight is 436 g/mol. The Morgan fingerprint density at radius 3 is 2.38 bits per heavy atom. The van der Waals surface area contributed by atoms with Crippen molar-refractivity contribution in [3.63, 3.8) is 0 Å². The summed E-state index contributed by atoms with van der Waals surface area (Å²) in [6.45, 7) is 16.6. The first-order valence-electron chi connectivity index (χ1n) is 11.7. The third kappa shape index (κ3) is 5.22. The summed E-state index contributed by atoms with van der Waals surface area (Å²) in [5.74, 6) is 0.335. The van der Waals surface area contributed by atoms with E-state index >= 15 is 0 Å². The molecule has 0 spiro atoms. The predicted octanol–water partition coefficient (Wildman–Crippen LogP) is 4.54. The van der Waals surface area contributed by atoms with Crippen LogP contribution in [0.4, 0.5) is 0 Å². The monoisotopic (exact) mass is 435 g/mol. The molecule has 1 amide bonds. The van der Waals surface area contributed by atoms with Crippen LogP contribution in [-0.4, -0.2) is 70.5 Å². The van der Waals surface area contributed by atoms with Gasteiger partial charge in [-0.25, -0.2) is 0 Å². The molecule has 5 nitrogen and oxygen atoms in total. The minimum Gasteiger partial charge on any atom is -0.508 e. The normalized spacial score (nSPS) is 20.6. The molecule has 1 fully saturated rings. The zero-order valence-electron chi connectivity index (χ0n) is 19.9. The van der Waals surface area contributed by atoms with E-state index in [1.807, 2.05) is 49.1 Å². The number of hydrogen-bond donors (Lipinski definition) is 1. The standard InChI is InChI=1S/C27H37N3O2/c1-6-16-29-18-21(5)30(19-20(29)4)26(24-10-9-11-25(31)17-24)22-12-14-23(15-13-22)27(32)28(7-2)8-3/h6,9-15,17,20-21,26,31H,1,7-8,16,18-19H2,2-5H3/t20-,21-,26?/m1/s1. The molecule has 32 heavy (non-hydrogen) atoms. The maximum atomic E-state index is 12.8. The van der Waals surface area contributed by atoms with Crippen molar-refractivity contribution in [3.8, 4) is 5.75 Å². The number of aromatic hydroxyl groups is 1. The molecule has 2 aromatic carbocycles. The van der Waals surface area contributed by atoms with Crippen molar-refractivity contribution in [2.75, 3.05) is 32.7 Å². The van der Waals surface area contributed by atoms with E-state index in [0.717, 1.165) is 30.8 Å². The van der Waals surface area contributed by atoms with Crippen molar-refractivity contribution in [1.29, 1.82) is 0 Å². The van der Waals surface area contributed by atoms with Gasteiger partial charge in [-0.05, 0) is 63.1 Å². The van der Waals surface area contributed by atoms with Gasteiger partial charge in [-0.1, -0.05) is 30.3 Å². The number of benzene rings is 2. The first-order valence-corrected chi connectivity index (χ1v) is 11.7. The molecule has 0 aliphatic carbocycles. The molecule has 1 heterocycles. The van der Waals surface area contributed by atoms with Gasteiger partial charge in [0.15, 0.2) is 0 Å². The van der Waals surface area contributed by atoms with Gasteiger partial charge in [0, 0.05) is 50.4 Å². The van der Waals surface area contributed by atoms with Crippen molar-refractivity contribution in [3.05, 3.63) is 77.9 Å². The van der Waals surface area contributed by atoms with Crippen molar-refractivity contribution in [2.45, 2.75) is 45.8 Å². The van der Waals surface area contributed by atoms with Crippen LogP contribution >= 0.6 is 0 Å². The highest BCUT2D eigenvalue weighted by atomic mass is 16.3. The van der Waals surface area contributed by atoms with Gasteiger partial charge in [0.1, 0.15) is 5.75 Å². The van der Waals surface area contributed by atoms with E-state index in [1.165, 1.54) is 0 Å². The van der Waals surface area contributed by atoms with Gasteiger partial charge >= 0.3 is 0 Å². The molecule has 172 valence electrons. The van der Waals surface area contributed by atoms with Gasteiger partial charge in [0.2, 0.25) is 0 Å². The second-order valence-corrected chi connectivity index (χ2v) is 8.73. The molecular formula is C27H37N3O2. The Hall–Kier alpha value is -2.63. The van der Waals surface area contributed by atoms with E-state index in [9.17, 15) is 9.90 Å². The van der Waals surface area contributed by atoms with E-state index in [1.54, 1.807) is 6.07 Å². The van der Waals surface area contributed by atoms with Gasteiger partial charge in [-0.2, -0.15) is 0 Å². The second kappa shape index (κ2) is 10.8. The number of carbonyl (C=O) groups is 1. The Morgan fingerprint density at radius 1 is 1.09 bits per heavy atom.